The minimum atomic E-state index is 0.0843. The summed E-state index contributed by atoms with van der Waals surface area (Å²) in [5.41, 5.74) is 3.05. The van der Waals surface area contributed by atoms with E-state index < -0.39 is 0 Å². The van der Waals surface area contributed by atoms with Crippen LogP contribution in [0.5, 0.6) is 0 Å². The van der Waals surface area contributed by atoms with Crippen LogP contribution in [0.4, 0.5) is 0 Å². The first-order chi connectivity index (χ1) is 10.1. The first kappa shape index (κ1) is 13.9. The van der Waals surface area contributed by atoms with E-state index in [2.05, 4.69) is 22.2 Å². The monoisotopic (exact) mass is 287 g/mol. The van der Waals surface area contributed by atoms with Crippen LogP contribution in [0.25, 0.3) is 0 Å². The van der Waals surface area contributed by atoms with Crippen molar-refractivity contribution in [3.05, 3.63) is 35.4 Å². The fraction of sp³-hybridized carbons (Fsp3) is 0.533. The second-order valence-electron chi connectivity index (χ2n) is 5.84. The van der Waals surface area contributed by atoms with Crippen molar-refractivity contribution in [2.45, 2.75) is 26.2 Å². The Labute approximate surface area is 124 Å². The Kier molecular flexibility index (Phi) is 3.77. The standard InChI is InChI=1S/C15H21N5O/c1-11-9-16-18-13(11)8-12-4-3-7-20(10-12)15(21)14-5-6-17-19(14)2/h5-6,9,12H,3-4,7-8,10H2,1-2H3,(H,16,18)/t12-/m1/s1. The van der Waals surface area contributed by atoms with Crippen molar-refractivity contribution in [2.24, 2.45) is 13.0 Å². The molecule has 1 atom stereocenters. The first-order valence-corrected chi connectivity index (χ1v) is 7.41. The van der Waals surface area contributed by atoms with Crippen LogP contribution in [-0.4, -0.2) is 43.9 Å². The van der Waals surface area contributed by atoms with Crippen molar-refractivity contribution >= 4 is 5.91 Å². The molecule has 6 heteroatoms. The summed E-state index contributed by atoms with van der Waals surface area (Å²) >= 11 is 0. The van der Waals surface area contributed by atoms with Gasteiger partial charge < -0.3 is 4.90 Å². The summed E-state index contributed by atoms with van der Waals surface area (Å²) in [7, 11) is 1.81. The van der Waals surface area contributed by atoms with Gasteiger partial charge in [-0.05, 0) is 43.7 Å². The summed E-state index contributed by atoms with van der Waals surface area (Å²) in [5, 5.41) is 11.2. The molecule has 1 aliphatic heterocycles. The van der Waals surface area contributed by atoms with Gasteiger partial charge in [0.05, 0.1) is 6.20 Å². The van der Waals surface area contributed by atoms with Crippen molar-refractivity contribution < 1.29 is 4.79 Å². The predicted molar refractivity (Wildman–Crippen MR) is 78.9 cm³/mol. The maximum absolute atomic E-state index is 12.5. The van der Waals surface area contributed by atoms with Gasteiger partial charge >= 0.3 is 0 Å². The lowest BCUT2D eigenvalue weighted by Crippen LogP contribution is -2.41. The maximum Gasteiger partial charge on any atom is 0.272 e. The van der Waals surface area contributed by atoms with E-state index >= 15 is 0 Å². The molecule has 21 heavy (non-hydrogen) atoms. The molecule has 3 rings (SSSR count). The molecular weight excluding hydrogens is 266 g/mol. The lowest BCUT2D eigenvalue weighted by atomic mass is 9.92. The SMILES string of the molecule is Cc1cn[nH]c1C[C@H]1CCCN(C(=O)c2ccnn2C)C1. The van der Waals surface area contributed by atoms with E-state index in [1.165, 1.54) is 11.3 Å². The fourth-order valence-electron chi connectivity index (χ4n) is 3.03. The van der Waals surface area contributed by atoms with Gasteiger partial charge in [0.2, 0.25) is 0 Å². The van der Waals surface area contributed by atoms with Crippen molar-refractivity contribution in [2.75, 3.05) is 13.1 Å². The summed E-state index contributed by atoms with van der Waals surface area (Å²) < 4.78 is 1.64. The van der Waals surface area contributed by atoms with Gasteiger partial charge in [0.1, 0.15) is 5.69 Å². The molecule has 0 radical (unpaired) electrons. The third kappa shape index (κ3) is 2.84. The Hall–Kier alpha value is -2.11. The molecule has 1 amide bonds. The third-order valence-electron chi connectivity index (χ3n) is 4.27. The van der Waals surface area contributed by atoms with Crippen LogP contribution >= 0.6 is 0 Å². The Morgan fingerprint density at radius 3 is 3.05 bits per heavy atom. The van der Waals surface area contributed by atoms with E-state index in [1.807, 2.05) is 18.1 Å². The number of aromatic amines is 1. The highest BCUT2D eigenvalue weighted by Gasteiger charge is 2.26. The number of carbonyl (C=O) groups excluding carboxylic acids is 1. The zero-order chi connectivity index (χ0) is 14.8. The molecule has 2 aromatic rings. The van der Waals surface area contributed by atoms with Crippen LogP contribution in [-0.2, 0) is 13.5 Å². The minimum Gasteiger partial charge on any atom is -0.337 e. The summed E-state index contributed by atoms with van der Waals surface area (Å²) in [4.78, 5) is 14.5. The Morgan fingerprint density at radius 1 is 1.52 bits per heavy atom. The number of hydrogen-bond donors (Lipinski definition) is 1. The number of likely N-dealkylation sites (tertiary alicyclic amines) is 1. The molecule has 0 bridgehead atoms. The number of hydrogen-bond acceptors (Lipinski definition) is 3. The summed E-state index contributed by atoms with van der Waals surface area (Å²) in [6.45, 7) is 3.71. The van der Waals surface area contributed by atoms with Crippen LogP contribution < -0.4 is 0 Å². The Balaban J connectivity index is 1.67. The van der Waals surface area contributed by atoms with Gasteiger partial charge in [0.25, 0.3) is 5.91 Å². The van der Waals surface area contributed by atoms with Crippen LogP contribution in [0.2, 0.25) is 0 Å². The number of H-pyrrole nitrogens is 1. The molecule has 6 nitrogen and oxygen atoms in total. The largest absolute Gasteiger partial charge is 0.337 e. The number of carbonyl (C=O) groups is 1. The minimum absolute atomic E-state index is 0.0843. The summed E-state index contributed by atoms with van der Waals surface area (Å²) in [5.74, 6) is 0.580. The lowest BCUT2D eigenvalue weighted by molar-refractivity contribution is 0.0661. The molecule has 1 N–H and O–H groups in total. The van der Waals surface area contributed by atoms with Gasteiger partial charge in [0.15, 0.2) is 0 Å². The predicted octanol–water partition coefficient (Wildman–Crippen LogP) is 1.55. The Morgan fingerprint density at radius 2 is 2.38 bits per heavy atom. The van der Waals surface area contributed by atoms with Gasteiger partial charge in [-0.1, -0.05) is 0 Å². The molecule has 3 heterocycles. The van der Waals surface area contributed by atoms with Gasteiger partial charge in [-0.3, -0.25) is 14.6 Å². The van der Waals surface area contributed by atoms with E-state index in [1.54, 1.807) is 16.9 Å². The van der Waals surface area contributed by atoms with Crippen molar-refractivity contribution in [3.63, 3.8) is 0 Å². The second kappa shape index (κ2) is 5.71. The molecule has 0 saturated carbocycles. The molecule has 0 aromatic carbocycles. The molecule has 112 valence electrons. The van der Waals surface area contributed by atoms with E-state index in [9.17, 15) is 4.79 Å². The van der Waals surface area contributed by atoms with E-state index in [0.29, 0.717) is 11.6 Å². The van der Waals surface area contributed by atoms with Crippen LogP contribution in [0, 0.1) is 12.8 Å². The second-order valence-corrected chi connectivity index (χ2v) is 5.84. The van der Waals surface area contributed by atoms with E-state index in [-0.39, 0.29) is 5.91 Å². The highest BCUT2D eigenvalue weighted by atomic mass is 16.2. The van der Waals surface area contributed by atoms with Crippen molar-refractivity contribution in [1.29, 1.82) is 0 Å². The fourth-order valence-corrected chi connectivity index (χ4v) is 3.03. The number of rotatable bonds is 3. The van der Waals surface area contributed by atoms with Crippen LogP contribution in [0.1, 0.15) is 34.6 Å². The quantitative estimate of drug-likeness (QED) is 0.931. The number of nitrogens with zero attached hydrogens (tertiary/aromatic N) is 4. The maximum atomic E-state index is 12.5. The molecule has 0 unspecified atom stereocenters. The lowest BCUT2D eigenvalue weighted by Gasteiger charge is -2.32. The third-order valence-corrected chi connectivity index (χ3v) is 4.27. The van der Waals surface area contributed by atoms with Crippen molar-refractivity contribution in [1.82, 2.24) is 24.9 Å². The van der Waals surface area contributed by atoms with Gasteiger partial charge in [-0.15, -0.1) is 0 Å². The van der Waals surface area contributed by atoms with E-state index in [0.717, 1.165) is 32.4 Å². The Bertz CT molecular complexity index is 630. The van der Waals surface area contributed by atoms with Crippen LogP contribution in [0.15, 0.2) is 18.5 Å². The van der Waals surface area contributed by atoms with Gasteiger partial charge in [-0.25, -0.2) is 0 Å². The van der Waals surface area contributed by atoms with Gasteiger partial charge in [-0.2, -0.15) is 10.2 Å². The zero-order valence-corrected chi connectivity index (χ0v) is 12.5. The smallest absolute Gasteiger partial charge is 0.272 e. The summed E-state index contributed by atoms with van der Waals surface area (Å²) in [6.07, 6.45) is 6.70. The number of amides is 1. The summed E-state index contributed by atoms with van der Waals surface area (Å²) in [6, 6.07) is 1.78. The zero-order valence-electron chi connectivity index (χ0n) is 12.5. The topological polar surface area (TPSA) is 66.8 Å². The van der Waals surface area contributed by atoms with E-state index in [4.69, 9.17) is 0 Å². The molecular formula is C15H21N5O. The van der Waals surface area contributed by atoms with Crippen LogP contribution in [0.3, 0.4) is 0 Å². The molecule has 1 aliphatic rings. The highest BCUT2D eigenvalue weighted by Crippen LogP contribution is 2.22. The molecule has 1 fully saturated rings. The number of aromatic nitrogens is 4. The van der Waals surface area contributed by atoms with Crippen molar-refractivity contribution in [3.8, 4) is 0 Å². The molecule has 1 saturated heterocycles. The number of nitrogens with one attached hydrogen (secondary N) is 1. The highest BCUT2D eigenvalue weighted by molar-refractivity contribution is 5.92. The van der Waals surface area contributed by atoms with Gasteiger partial charge in [0, 0.05) is 32.0 Å². The number of piperidine rings is 1. The molecule has 0 spiro atoms. The average molecular weight is 287 g/mol. The molecule has 0 aliphatic carbocycles. The number of aryl methyl sites for hydroxylation is 2. The molecule has 2 aromatic heterocycles. The normalized spacial score (nSPS) is 19.0. The first-order valence-electron chi connectivity index (χ1n) is 7.41. The average Bonchev–Trinajstić information content (AvgIpc) is 3.08.